The lowest BCUT2D eigenvalue weighted by Crippen LogP contribution is -2.68. The third kappa shape index (κ3) is 3.41. The fourth-order valence-electron chi connectivity index (χ4n) is 5.69. The van der Waals surface area contributed by atoms with Crippen molar-refractivity contribution in [2.75, 3.05) is 0 Å². The molecule has 0 saturated carbocycles. The molecule has 1 nitrogen and oxygen atoms in total. The molecule has 31 heavy (non-hydrogen) atoms. The van der Waals surface area contributed by atoms with Gasteiger partial charge in [-0.3, -0.25) is 0 Å². The van der Waals surface area contributed by atoms with Crippen LogP contribution in [-0.2, 0) is 11.0 Å². The molecule has 0 N–H and O–H groups in total. The van der Waals surface area contributed by atoms with E-state index in [4.69, 9.17) is 0 Å². The van der Waals surface area contributed by atoms with Crippen LogP contribution in [-0.4, -0.2) is 0 Å². The minimum Gasteiger partial charge on any atom is -0.206 e. The van der Waals surface area contributed by atoms with Crippen LogP contribution in [0.15, 0.2) is 60.8 Å². The molecule has 162 valence electrons. The lowest BCUT2D eigenvalue weighted by molar-refractivity contribution is -0.766. The topological polar surface area (TPSA) is 3.88 Å². The number of aromatic nitrogens is 1. The second kappa shape index (κ2) is 8.22. The van der Waals surface area contributed by atoms with Crippen molar-refractivity contribution in [1.29, 1.82) is 0 Å². The van der Waals surface area contributed by atoms with Crippen molar-refractivity contribution in [3.8, 4) is 22.4 Å². The van der Waals surface area contributed by atoms with E-state index in [1.807, 2.05) is 36.4 Å². The second-order valence-corrected chi connectivity index (χ2v) is 9.66. The molecule has 0 aliphatic carbocycles. The van der Waals surface area contributed by atoms with E-state index in [9.17, 15) is 0 Å². The number of unbranched alkanes of at least 4 members (excludes halogenated alkanes) is 1. The van der Waals surface area contributed by atoms with E-state index in [0.717, 1.165) is 43.2 Å². The molecule has 2 atom stereocenters. The molecular weight excluding hydrogens is 381 g/mol. The Bertz CT molecular complexity index is 1090. The molecule has 2 heteroatoms. The van der Waals surface area contributed by atoms with Gasteiger partial charge in [0.1, 0.15) is 5.82 Å². The zero-order valence-electron chi connectivity index (χ0n) is 19.6. The average molecular weight is 417 g/mol. The normalized spacial score (nSPS) is 22.1. The molecule has 2 aromatic carbocycles. The Morgan fingerprint density at radius 1 is 0.871 bits per heavy atom. The molecule has 4 rings (SSSR count). The highest BCUT2D eigenvalue weighted by Crippen LogP contribution is 2.51. The number of hydrogen-bond donors (Lipinski definition) is 0. The van der Waals surface area contributed by atoms with Crippen LogP contribution in [0.5, 0.6) is 0 Å². The van der Waals surface area contributed by atoms with Crippen LogP contribution in [0.2, 0.25) is 0 Å². The first kappa shape index (κ1) is 21.7. The van der Waals surface area contributed by atoms with Crippen LogP contribution in [0, 0.1) is 12.7 Å². The number of hydrogen-bond acceptors (Lipinski definition) is 0. The van der Waals surface area contributed by atoms with E-state index < -0.39 is 0 Å². The Balaban J connectivity index is 2.05. The monoisotopic (exact) mass is 416 g/mol. The quantitative estimate of drug-likeness (QED) is 0.362. The molecule has 0 spiro atoms. The predicted molar refractivity (Wildman–Crippen MR) is 128 cm³/mol. The van der Waals surface area contributed by atoms with Crippen LogP contribution < -0.4 is 4.57 Å². The molecule has 0 bridgehead atoms. The predicted octanol–water partition coefficient (Wildman–Crippen LogP) is 7.73. The fourth-order valence-corrected chi connectivity index (χ4v) is 5.69. The first-order valence-corrected chi connectivity index (χ1v) is 11.8. The highest BCUT2D eigenvalue weighted by atomic mass is 19.1. The molecule has 0 saturated heterocycles. The molecule has 0 amide bonds. The van der Waals surface area contributed by atoms with E-state index in [0.29, 0.717) is 5.56 Å². The van der Waals surface area contributed by atoms with Crippen molar-refractivity contribution in [2.24, 2.45) is 0 Å². The van der Waals surface area contributed by atoms with Crippen molar-refractivity contribution >= 4 is 0 Å². The summed E-state index contributed by atoms with van der Waals surface area (Å²) in [7, 11) is 0. The van der Waals surface area contributed by atoms with E-state index in [1.54, 1.807) is 0 Å². The summed E-state index contributed by atoms with van der Waals surface area (Å²) in [6.07, 6.45) is 7.80. The van der Waals surface area contributed by atoms with Gasteiger partial charge in [-0.05, 0) is 56.0 Å². The molecule has 1 aliphatic heterocycles. The minimum atomic E-state index is -0.143. The SMILES string of the molecule is CCCCC1(C)c2cc(F)c(-c3ccccc3)cc2-c2ccc(C)c[n+]2C1(C)CCC. The number of fused-ring (bicyclic) bond motifs is 3. The van der Waals surface area contributed by atoms with Gasteiger partial charge in [0, 0.05) is 30.5 Å². The van der Waals surface area contributed by atoms with E-state index in [-0.39, 0.29) is 16.8 Å². The lowest BCUT2D eigenvalue weighted by Gasteiger charge is -2.47. The van der Waals surface area contributed by atoms with Crippen molar-refractivity contribution in [3.05, 3.63) is 77.7 Å². The highest BCUT2D eigenvalue weighted by molar-refractivity contribution is 5.75. The van der Waals surface area contributed by atoms with Gasteiger partial charge in [0.2, 0.25) is 5.69 Å². The summed E-state index contributed by atoms with van der Waals surface area (Å²) in [6.45, 7) is 11.4. The summed E-state index contributed by atoms with van der Waals surface area (Å²) in [5.74, 6) is -0.118. The number of halogens is 1. The zero-order chi connectivity index (χ0) is 22.2. The van der Waals surface area contributed by atoms with Gasteiger partial charge in [0.25, 0.3) is 0 Å². The maximum absolute atomic E-state index is 15.6. The van der Waals surface area contributed by atoms with Crippen LogP contribution in [0.1, 0.15) is 70.9 Å². The van der Waals surface area contributed by atoms with Crippen LogP contribution in [0.3, 0.4) is 0 Å². The van der Waals surface area contributed by atoms with E-state index in [1.165, 1.54) is 16.8 Å². The number of aryl methyl sites for hydroxylation is 1. The van der Waals surface area contributed by atoms with Crippen molar-refractivity contribution in [1.82, 2.24) is 0 Å². The number of nitrogens with zero attached hydrogens (tertiary/aromatic N) is 1. The average Bonchev–Trinajstić information content (AvgIpc) is 2.77. The summed E-state index contributed by atoms with van der Waals surface area (Å²) >= 11 is 0. The zero-order valence-corrected chi connectivity index (χ0v) is 19.6. The maximum atomic E-state index is 15.6. The molecule has 1 aliphatic rings. The first-order chi connectivity index (χ1) is 14.9. The van der Waals surface area contributed by atoms with Crippen LogP contribution in [0.4, 0.5) is 4.39 Å². The summed E-state index contributed by atoms with van der Waals surface area (Å²) in [5, 5.41) is 0. The van der Waals surface area contributed by atoms with Crippen LogP contribution in [0.25, 0.3) is 22.4 Å². The number of rotatable bonds is 6. The molecule has 3 aromatic rings. The highest BCUT2D eigenvalue weighted by Gasteiger charge is 2.57. The van der Waals surface area contributed by atoms with Gasteiger partial charge in [-0.25, -0.2) is 4.39 Å². The van der Waals surface area contributed by atoms with E-state index >= 15 is 4.39 Å². The van der Waals surface area contributed by atoms with Crippen molar-refractivity contribution < 1.29 is 8.96 Å². The minimum absolute atomic E-state index is 0.105. The van der Waals surface area contributed by atoms with Gasteiger partial charge in [-0.15, -0.1) is 0 Å². The van der Waals surface area contributed by atoms with Gasteiger partial charge in [0.05, 0.1) is 11.0 Å². The molecule has 0 radical (unpaired) electrons. The summed E-state index contributed by atoms with van der Waals surface area (Å²) in [4.78, 5) is 0. The summed E-state index contributed by atoms with van der Waals surface area (Å²) < 4.78 is 18.1. The number of benzene rings is 2. The smallest absolute Gasteiger partial charge is 0.206 e. The molecule has 0 fully saturated rings. The van der Waals surface area contributed by atoms with Gasteiger partial charge in [0.15, 0.2) is 11.7 Å². The van der Waals surface area contributed by atoms with Gasteiger partial charge in [-0.2, -0.15) is 4.57 Å². The Hall–Kier alpha value is -2.48. The summed E-state index contributed by atoms with van der Waals surface area (Å²) in [5.41, 5.74) is 6.16. The second-order valence-electron chi connectivity index (χ2n) is 9.66. The lowest BCUT2D eigenvalue weighted by atomic mass is 9.59. The Kier molecular flexibility index (Phi) is 5.77. The molecule has 2 unspecified atom stereocenters. The van der Waals surface area contributed by atoms with Gasteiger partial charge >= 0.3 is 0 Å². The van der Waals surface area contributed by atoms with E-state index in [2.05, 4.69) is 63.6 Å². The number of pyridine rings is 1. The third-order valence-corrected chi connectivity index (χ3v) is 7.65. The Morgan fingerprint density at radius 2 is 1.61 bits per heavy atom. The van der Waals surface area contributed by atoms with Gasteiger partial charge in [-0.1, -0.05) is 57.0 Å². The molecular formula is C29H35FN+. The van der Waals surface area contributed by atoms with Crippen molar-refractivity contribution in [3.63, 3.8) is 0 Å². The van der Waals surface area contributed by atoms with Crippen LogP contribution >= 0.6 is 0 Å². The third-order valence-electron chi connectivity index (χ3n) is 7.65. The molecule has 2 heterocycles. The summed E-state index contributed by atoms with van der Waals surface area (Å²) in [6, 6.07) is 18.3. The largest absolute Gasteiger partial charge is 0.213 e. The van der Waals surface area contributed by atoms with Gasteiger partial charge < -0.3 is 0 Å². The maximum Gasteiger partial charge on any atom is 0.213 e. The molecule has 1 aromatic heterocycles. The van der Waals surface area contributed by atoms with Crippen molar-refractivity contribution in [2.45, 2.75) is 77.7 Å². The standard InChI is InChI=1S/C29H35FN/c1-6-8-17-28(4)25-19-26(30)23(22-12-10-9-11-13-22)18-24(25)27-15-14-21(3)20-31(27)29(28,5)16-7-2/h9-15,18-20H,6-8,16-17H2,1-5H3/q+1. The Labute approximate surface area is 187 Å². The first-order valence-electron chi connectivity index (χ1n) is 11.8. The fraction of sp³-hybridized carbons (Fsp3) is 0.414. The Morgan fingerprint density at radius 3 is 2.29 bits per heavy atom.